The lowest BCUT2D eigenvalue weighted by Crippen LogP contribution is -2.36. The largest absolute Gasteiger partial charge is 0.441 e. The molecule has 0 bridgehead atoms. The minimum absolute atomic E-state index is 0.341. The molecule has 4 rings (SSSR count). The molecule has 1 amide bonds. The van der Waals surface area contributed by atoms with Gasteiger partial charge in [0.05, 0.1) is 11.0 Å². The normalized spacial score (nSPS) is 11.2. The lowest BCUT2D eigenvalue weighted by Gasteiger charge is -2.09. The third-order valence-corrected chi connectivity index (χ3v) is 4.31. The molecule has 0 spiro atoms. The molecule has 2 N–H and O–H groups in total. The highest BCUT2D eigenvalue weighted by molar-refractivity contribution is 6.06. The third-order valence-electron chi connectivity index (χ3n) is 4.31. The van der Waals surface area contributed by atoms with Crippen LogP contribution >= 0.6 is 0 Å². The molecule has 2 aromatic carbocycles. The molecule has 2 aromatic heterocycles. The monoisotopic (exact) mass is 364 g/mol. The summed E-state index contributed by atoms with van der Waals surface area (Å²) < 4.78 is 6.79. The van der Waals surface area contributed by atoms with Gasteiger partial charge in [-0.3, -0.25) is 14.4 Å². The van der Waals surface area contributed by atoms with Crippen LogP contribution in [-0.2, 0) is 6.54 Å². The average Bonchev–Trinajstić information content (AvgIpc) is 3.01. The molecule has 0 saturated heterocycles. The fraction of sp³-hybridized carbons (Fsp3) is 0.158. The van der Waals surface area contributed by atoms with E-state index in [2.05, 4.69) is 15.3 Å². The molecule has 0 fully saturated rings. The number of aromatic amines is 1. The van der Waals surface area contributed by atoms with Crippen molar-refractivity contribution in [2.45, 2.75) is 20.4 Å². The zero-order chi connectivity index (χ0) is 19.1. The molecule has 136 valence electrons. The van der Waals surface area contributed by atoms with E-state index >= 15 is 0 Å². The van der Waals surface area contributed by atoms with Gasteiger partial charge in [-0.05, 0) is 43.3 Å². The minimum atomic E-state index is -0.714. The molecule has 0 unspecified atom stereocenters. The van der Waals surface area contributed by atoms with Crippen LogP contribution in [0.3, 0.4) is 0 Å². The predicted octanol–water partition coefficient (Wildman–Crippen LogP) is 2.41. The van der Waals surface area contributed by atoms with Crippen molar-refractivity contribution < 1.29 is 9.21 Å². The highest BCUT2D eigenvalue weighted by Gasteiger charge is 2.12. The number of carbonyl (C=O) groups excluding carboxylic acids is 1. The van der Waals surface area contributed by atoms with Crippen molar-refractivity contribution in [1.82, 2.24) is 14.5 Å². The van der Waals surface area contributed by atoms with Crippen molar-refractivity contribution in [1.29, 1.82) is 0 Å². The molecule has 0 aliphatic heterocycles. The molecule has 0 radical (unpaired) electrons. The number of H-pyrrole nitrogens is 1. The number of benzene rings is 2. The Morgan fingerprint density at radius 3 is 2.81 bits per heavy atom. The lowest BCUT2D eigenvalue weighted by molar-refractivity contribution is 0.102. The number of rotatable bonds is 3. The van der Waals surface area contributed by atoms with Crippen molar-refractivity contribution in [3.8, 4) is 0 Å². The zero-order valence-electron chi connectivity index (χ0n) is 14.7. The van der Waals surface area contributed by atoms with E-state index in [0.29, 0.717) is 45.8 Å². The van der Waals surface area contributed by atoms with E-state index in [1.165, 1.54) is 4.57 Å². The van der Waals surface area contributed by atoms with Gasteiger partial charge in [-0.15, -0.1) is 0 Å². The Balaban J connectivity index is 1.70. The highest BCUT2D eigenvalue weighted by atomic mass is 16.3. The first-order valence-corrected chi connectivity index (χ1v) is 8.41. The van der Waals surface area contributed by atoms with Crippen molar-refractivity contribution in [2.75, 3.05) is 5.32 Å². The van der Waals surface area contributed by atoms with E-state index in [4.69, 9.17) is 4.42 Å². The Morgan fingerprint density at radius 2 is 2.04 bits per heavy atom. The second-order valence-electron chi connectivity index (χ2n) is 6.10. The molecule has 8 heteroatoms. The van der Waals surface area contributed by atoms with Crippen molar-refractivity contribution in [3.05, 3.63) is 68.6 Å². The number of oxazole rings is 1. The molecule has 27 heavy (non-hydrogen) atoms. The van der Waals surface area contributed by atoms with Crippen LogP contribution in [0.25, 0.3) is 22.1 Å². The topological polar surface area (TPSA) is 110 Å². The first-order valence-electron chi connectivity index (χ1n) is 8.41. The fourth-order valence-corrected chi connectivity index (χ4v) is 3.06. The first kappa shape index (κ1) is 16.8. The van der Waals surface area contributed by atoms with Crippen LogP contribution in [0.1, 0.15) is 23.2 Å². The van der Waals surface area contributed by atoms with Crippen LogP contribution in [0.4, 0.5) is 5.69 Å². The molecule has 0 saturated carbocycles. The van der Waals surface area contributed by atoms with Gasteiger partial charge in [-0.2, -0.15) is 0 Å². The average molecular weight is 364 g/mol. The Kier molecular flexibility index (Phi) is 3.88. The number of hydrogen-bond donors (Lipinski definition) is 2. The molecular weight excluding hydrogens is 348 g/mol. The molecule has 0 atom stereocenters. The number of aromatic nitrogens is 3. The van der Waals surface area contributed by atoms with Gasteiger partial charge in [0.2, 0.25) is 0 Å². The number of nitrogens with one attached hydrogen (secondary N) is 2. The van der Waals surface area contributed by atoms with E-state index in [0.717, 1.165) is 0 Å². The predicted molar refractivity (Wildman–Crippen MR) is 101 cm³/mol. The third kappa shape index (κ3) is 2.91. The van der Waals surface area contributed by atoms with Gasteiger partial charge in [0.1, 0.15) is 5.52 Å². The lowest BCUT2D eigenvalue weighted by atomic mass is 10.1. The minimum Gasteiger partial charge on any atom is -0.441 e. The van der Waals surface area contributed by atoms with Gasteiger partial charge in [0, 0.05) is 24.7 Å². The van der Waals surface area contributed by atoms with Crippen LogP contribution in [-0.4, -0.2) is 20.4 Å². The van der Waals surface area contributed by atoms with Gasteiger partial charge < -0.3 is 19.3 Å². The highest BCUT2D eigenvalue weighted by Crippen LogP contribution is 2.20. The van der Waals surface area contributed by atoms with Gasteiger partial charge in [-0.1, -0.05) is 0 Å². The number of anilines is 1. The van der Waals surface area contributed by atoms with Gasteiger partial charge >= 0.3 is 11.1 Å². The maximum absolute atomic E-state index is 12.6. The molecular formula is C19H16N4O4. The van der Waals surface area contributed by atoms with Crippen LogP contribution in [0.2, 0.25) is 0 Å². The summed E-state index contributed by atoms with van der Waals surface area (Å²) >= 11 is 0. The van der Waals surface area contributed by atoms with Crippen molar-refractivity contribution >= 4 is 33.7 Å². The maximum atomic E-state index is 12.6. The SMILES string of the molecule is CCn1c(=O)c(=O)[nH]c2cc(C(=O)Nc3ccc4oc(C)nc4c3)ccc21. The van der Waals surface area contributed by atoms with Crippen LogP contribution in [0, 0.1) is 6.92 Å². The summed E-state index contributed by atoms with van der Waals surface area (Å²) in [7, 11) is 0. The summed E-state index contributed by atoms with van der Waals surface area (Å²) in [6.45, 7) is 3.90. The van der Waals surface area contributed by atoms with Crippen molar-refractivity contribution in [2.24, 2.45) is 0 Å². The van der Waals surface area contributed by atoms with Gasteiger partial charge in [0.25, 0.3) is 5.91 Å². The number of fused-ring (bicyclic) bond motifs is 2. The molecule has 0 aliphatic rings. The van der Waals surface area contributed by atoms with Crippen LogP contribution in [0.5, 0.6) is 0 Å². The quantitative estimate of drug-likeness (QED) is 0.543. The summed E-state index contributed by atoms with van der Waals surface area (Å²) in [6, 6.07) is 10.00. The second-order valence-corrected chi connectivity index (χ2v) is 6.10. The Bertz CT molecular complexity index is 1310. The molecule has 8 nitrogen and oxygen atoms in total. The molecule has 2 heterocycles. The smallest absolute Gasteiger partial charge is 0.316 e. The van der Waals surface area contributed by atoms with Gasteiger partial charge in [0.15, 0.2) is 11.5 Å². The molecule has 0 aliphatic carbocycles. The second kappa shape index (κ2) is 6.24. The summed E-state index contributed by atoms with van der Waals surface area (Å²) in [5, 5.41) is 2.80. The maximum Gasteiger partial charge on any atom is 0.316 e. The summed E-state index contributed by atoms with van der Waals surface area (Å²) in [5.41, 5.74) is 1.90. The standard InChI is InChI=1S/C19H16N4O4/c1-3-23-15-6-4-11(8-13(15)22-18(25)19(23)26)17(24)21-12-5-7-16-14(9-12)20-10(2)27-16/h4-9H,3H2,1-2H3,(H,21,24)(H,22,25). The number of aryl methyl sites for hydroxylation is 2. The fourth-order valence-electron chi connectivity index (χ4n) is 3.06. The first-order chi connectivity index (χ1) is 13.0. The number of carbonyl (C=O) groups is 1. The van der Waals surface area contributed by atoms with Crippen molar-refractivity contribution in [3.63, 3.8) is 0 Å². The van der Waals surface area contributed by atoms with E-state index in [9.17, 15) is 14.4 Å². The van der Waals surface area contributed by atoms with E-state index < -0.39 is 11.1 Å². The Hall–Kier alpha value is -3.68. The summed E-state index contributed by atoms with van der Waals surface area (Å²) in [5.74, 6) is 0.209. The number of hydrogen-bond acceptors (Lipinski definition) is 5. The number of nitrogens with zero attached hydrogens (tertiary/aromatic N) is 2. The zero-order valence-corrected chi connectivity index (χ0v) is 14.7. The molecule has 4 aromatic rings. The summed E-state index contributed by atoms with van der Waals surface area (Å²) in [6.07, 6.45) is 0. The Labute approximate surface area is 152 Å². The summed E-state index contributed by atoms with van der Waals surface area (Å²) in [4.78, 5) is 43.1. The van der Waals surface area contributed by atoms with Crippen LogP contribution < -0.4 is 16.4 Å². The van der Waals surface area contributed by atoms with E-state index in [1.54, 1.807) is 50.2 Å². The van der Waals surface area contributed by atoms with E-state index in [1.807, 2.05) is 0 Å². The Morgan fingerprint density at radius 1 is 1.22 bits per heavy atom. The van der Waals surface area contributed by atoms with Crippen LogP contribution in [0.15, 0.2) is 50.4 Å². The van der Waals surface area contributed by atoms with E-state index in [-0.39, 0.29) is 5.91 Å². The number of amides is 1. The van der Waals surface area contributed by atoms with Gasteiger partial charge in [-0.25, -0.2) is 4.98 Å².